The number of hydrogen-bond acceptors (Lipinski definition) is 9. The van der Waals surface area contributed by atoms with Gasteiger partial charge in [0.15, 0.2) is 4.80 Å². The van der Waals surface area contributed by atoms with Gasteiger partial charge in [-0.25, -0.2) is 9.79 Å². The number of ether oxygens (including phenoxy) is 2. The third-order valence-electron chi connectivity index (χ3n) is 6.54. The number of nitro groups is 1. The molecular weight excluding hydrogens is 534 g/mol. The van der Waals surface area contributed by atoms with Gasteiger partial charge in [-0.05, 0) is 50.6 Å². The molecule has 0 fully saturated rings. The van der Waals surface area contributed by atoms with Crippen molar-refractivity contribution in [2.75, 3.05) is 13.7 Å². The molecule has 1 aliphatic heterocycles. The summed E-state index contributed by atoms with van der Waals surface area (Å²) in [6.45, 7) is 5.38. The number of fused-ring (bicyclic) bond motifs is 1. The summed E-state index contributed by atoms with van der Waals surface area (Å²) in [6.07, 6.45) is 1.62. The molecule has 5 rings (SSSR count). The molecule has 10 nitrogen and oxygen atoms in total. The second kappa shape index (κ2) is 10.8. The summed E-state index contributed by atoms with van der Waals surface area (Å²) in [6, 6.07) is 14.4. The van der Waals surface area contributed by atoms with Crippen LogP contribution in [-0.2, 0) is 9.53 Å². The number of aryl methyl sites for hydroxylation is 1. The summed E-state index contributed by atoms with van der Waals surface area (Å²) in [5.41, 5.74) is 2.39. The molecule has 1 aliphatic rings. The summed E-state index contributed by atoms with van der Waals surface area (Å²) < 4.78 is 18.8. The van der Waals surface area contributed by atoms with Crippen molar-refractivity contribution in [3.8, 4) is 17.1 Å². The molecule has 40 heavy (non-hydrogen) atoms. The number of furan rings is 1. The van der Waals surface area contributed by atoms with E-state index in [0.717, 1.165) is 0 Å². The number of esters is 1. The van der Waals surface area contributed by atoms with Crippen molar-refractivity contribution in [1.82, 2.24) is 4.57 Å². The van der Waals surface area contributed by atoms with Crippen LogP contribution in [0.2, 0.25) is 0 Å². The minimum atomic E-state index is -0.802. The molecule has 0 bridgehead atoms. The van der Waals surface area contributed by atoms with Crippen LogP contribution in [0.5, 0.6) is 5.75 Å². The van der Waals surface area contributed by atoms with Crippen LogP contribution in [0.3, 0.4) is 0 Å². The Balaban J connectivity index is 1.63. The fourth-order valence-electron chi connectivity index (χ4n) is 4.72. The van der Waals surface area contributed by atoms with E-state index in [9.17, 15) is 19.7 Å². The molecule has 1 atom stereocenters. The van der Waals surface area contributed by atoms with Crippen LogP contribution in [0.4, 0.5) is 5.69 Å². The lowest BCUT2D eigenvalue weighted by molar-refractivity contribution is -0.384. The molecule has 0 spiro atoms. The third kappa shape index (κ3) is 4.75. The van der Waals surface area contributed by atoms with Gasteiger partial charge in [0, 0.05) is 29.3 Å². The van der Waals surface area contributed by atoms with Gasteiger partial charge in [0.1, 0.15) is 23.3 Å². The van der Waals surface area contributed by atoms with E-state index >= 15 is 0 Å². The number of non-ortho nitro benzene ring substituents is 1. The third-order valence-corrected chi connectivity index (χ3v) is 7.52. The zero-order valence-electron chi connectivity index (χ0n) is 22.2. The Kier molecular flexibility index (Phi) is 7.22. The van der Waals surface area contributed by atoms with Gasteiger partial charge in [-0.2, -0.15) is 0 Å². The lowest BCUT2D eigenvalue weighted by Gasteiger charge is -2.25. The minimum Gasteiger partial charge on any atom is -0.496 e. The molecule has 4 aromatic rings. The lowest BCUT2D eigenvalue weighted by atomic mass is 9.95. The van der Waals surface area contributed by atoms with Crippen LogP contribution in [-0.4, -0.2) is 29.2 Å². The van der Waals surface area contributed by atoms with Crippen LogP contribution in [0.1, 0.15) is 36.8 Å². The van der Waals surface area contributed by atoms with E-state index < -0.39 is 16.9 Å². The highest BCUT2D eigenvalue weighted by molar-refractivity contribution is 7.07. The number of hydrogen-bond donors (Lipinski definition) is 0. The highest BCUT2D eigenvalue weighted by atomic mass is 32.1. The number of benzene rings is 2. The molecule has 0 amide bonds. The first kappa shape index (κ1) is 26.8. The van der Waals surface area contributed by atoms with Gasteiger partial charge in [0.2, 0.25) is 0 Å². The van der Waals surface area contributed by atoms with Crippen LogP contribution < -0.4 is 19.6 Å². The van der Waals surface area contributed by atoms with Crippen LogP contribution >= 0.6 is 11.3 Å². The van der Waals surface area contributed by atoms with Crippen molar-refractivity contribution in [2.45, 2.75) is 26.8 Å². The second-order valence-electron chi connectivity index (χ2n) is 9.00. The van der Waals surface area contributed by atoms with Crippen LogP contribution in [0.25, 0.3) is 17.4 Å². The monoisotopic (exact) mass is 559 g/mol. The fraction of sp³-hybridized carbons (Fsp3) is 0.207. The molecule has 0 saturated heterocycles. The maximum absolute atomic E-state index is 13.8. The zero-order valence-corrected chi connectivity index (χ0v) is 23.0. The summed E-state index contributed by atoms with van der Waals surface area (Å²) in [7, 11) is 1.53. The molecule has 0 N–H and O–H groups in total. The fourth-order valence-corrected chi connectivity index (χ4v) is 5.75. The first-order chi connectivity index (χ1) is 19.2. The number of carbonyl (C=O) groups excluding carboxylic acids is 1. The van der Waals surface area contributed by atoms with E-state index in [1.165, 1.54) is 35.1 Å². The van der Waals surface area contributed by atoms with Gasteiger partial charge < -0.3 is 13.9 Å². The average molecular weight is 560 g/mol. The summed E-state index contributed by atoms with van der Waals surface area (Å²) in [5.74, 6) is 0.905. The van der Waals surface area contributed by atoms with Crippen LogP contribution in [0, 0.1) is 17.0 Å². The summed E-state index contributed by atoms with van der Waals surface area (Å²) in [4.78, 5) is 42.6. The summed E-state index contributed by atoms with van der Waals surface area (Å²) in [5, 5.41) is 11.1. The number of nitro benzene ring substituents is 1. The molecule has 1 unspecified atom stereocenters. The van der Waals surface area contributed by atoms with Crippen molar-refractivity contribution in [3.63, 3.8) is 0 Å². The van der Waals surface area contributed by atoms with Crippen molar-refractivity contribution < 1.29 is 23.6 Å². The Morgan fingerprint density at radius 1 is 1.20 bits per heavy atom. The maximum atomic E-state index is 13.8. The van der Waals surface area contributed by atoms with Gasteiger partial charge in [-0.3, -0.25) is 19.5 Å². The highest BCUT2D eigenvalue weighted by Gasteiger charge is 2.35. The predicted octanol–water partition coefficient (Wildman–Crippen LogP) is 4.28. The number of rotatable bonds is 7. The van der Waals surface area contributed by atoms with E-state index in [1.54, 1.807) is 51.1 Å². The quantitative estimate of drug-likeness (QED) is 0.188. The van der Waals surface area contributed by atoms with Crippen molar-refractivity contribution in [3.05, 3.63) is 113 Å². The molecule has 204 valence electrons. The van der Waals surface area contributed by atoms with Gasteiger partial charge in [-0.1, -0.05) is 29.5 Å². The van der Waals surface area contributed by atoms with E-state index in [0.29, 0.717) is 49.0 Å². The number of aromatic nitrogens is 1. The maximum Gasteiger partial charge on any atom is 0.338 e. The SMILES string of the molecule is CCOC(=O)C1=C(C)N=c2s/c(=C/c3ccc(-c4ccc([N+](=O)[O-])cc4C)o3)c(=O)n2C1c1ccccc1OC. The first-order valence-electron chi connectivity index (χ1n) is 12.4. The van der Waals surface area contributed by atoms with Crippen LogP contribution in [0.15, 0.2) is 80.1 Å². The van der Waals surface area contributed by atoms with Crippen molar-refractivity contribution in [1.29, 1.82) is 0 Å². The molecule has 0 saturated carbocycles. The Labute approximate surface area is 232 Å². The van der Waals surface area contributed by atoms with Gasteiger partial charge >= 0.3 is 5.97 Å². The molecular formula is C29H25N3O7S. The van der Waals surface area contributed by atoms with E-state index in [-0.39, 0.29) is 23.4 Å². The van der Waals surface area contributed by atoms with Crippen molar-refractivity contribution >= 4 is 29.1 Å². The highest BCUT2D eigenvalue weighted by Crippen LogP contribution is 2.35. The lowest BCUT2D eigenvalue weighted by Crippen LogP contribution is -2.40. The van der Waals surface area contributed by atoms with E-state index in [2.05, 4.69) is 4.99 Å². The standard InChI is InChI=1S/C29H25N3O7S/c1-5-38-28(34)25-17(3)30-29-31(26(25)21-8-6-7-9-22(21)37-4)27(33)24(40-29)15-19-11-13-23(39-19)20-12-10-18(32(35)36)14-16(20)2/h6-15,26H,5H2,1-4H3/b24-15+. The number of carbonyl (C=O) groups is 1. The Hall–Kier alpha value is -4.77. The molecule has 2 aromatic carbocycles. The topological polar surface area (TPSA) is 126 Å². The largest absolute Gasteiger partial charge is 0.496 e. The number of methoxy groups -OCH3 is 1. The smallest absolute Gasteiger partial charge is 0.338 e. The molecule has 3 heterocycles. The Morgan fingerprint density at radius 3 is 2.67 bits per heavy atom. The zero-order chi connectivity index (χ0) is 28.6. The van der Waals surface area contributed by atoms with Gasteiger partial charge in [0.25, 0.3) is 11.2 Å². The minimum absolute atomic E-state index is 0.00350. The molecule has 0 aliphatic carbocycles. The predicted molar refractivity (Wildman–Crippen MR) is 149 cm³/mol. The number of para-hydroxylation sites is 1. The second-order valence-corrected chi connectivity index (χ2v) is 10.0. The van der Waals surface area contributed by atoms with Gasteiger partial charge in [-0.15, -0.1) is 0 Å². The summed E-state index contributed by atoms with van der Waals surface area (Å²) >= 11 is 1.18. The molecule has 11 heteroatoms. The Morgan fingerprint density at radius 2 is 1.98 bits per heavy atom. The Bertz CT molecular complexity index is 1860. The first-order valence-corrected chi connectivity index (χ1v) is 13.2. The number of nitrogens with zero attached hydrogens (tertiary/aromatic N) is 3. The molecule has 2 aromatic heterocycles. The number of allylic oxidation sites excluding steroid dienone is 1. The van der Waals surface area contributed by atoms with Gasteiger partial charge in [0.05, 0.1) is 34.4 Å². The molecule has 0 radical (unpaired) electrons. The average Bonchev–Trinajstić information content (AvgIpc) is 3.51. The van der Waals surface area contributed by atoms with E-state index in [1.807, 2.05) is 18.2 Å². The van der Waals surface area contributed by atoms with Crippen molar-refractivity contribution in [2.24, 2.45) is 4.99 Å². The number of thiazole rings is 1. The van der Waals surface area contributed by atoms with E-state index in [4.69, 9.17) is 13.9 Å². The normalized spacial score (nSPS) is 15.0.